The van der Waals surface area contributed by atoms with E-state index in [-0.39, 0.29) is 6.42 Å². The lowest BCUT2D eigenvalue weighted by Gasteiger charge is -2.20. The van der Waals surface area contributed by atoms with Gasteiger partial charge >= 0.3 is 5.97 Å². The van der Waals surface area contributed by atoms with Crippen LogP contribution >= 0.6 is 11.6 Å². The van der Waals surface area contributed by atoms with Gasteiger partial charge in [0.05, 0.1) is 25.3 Å². The number of aliphatic carboxylic acids is 1. The maximum absolute atomic E-state index is 11.9. The predicted octanol–water partition coefficient (Wildman–Crippen LogP) is 0.863. The van der Waals surface area contributed by atoms with Gasteiger partial charge in [-0.05, 0) is 11.6 Å². The number of hydrogen-bond donors (Lipinski definition) is 2. The lowest BCUT2D eigenvalue weighted by atomic mass is 10.0. The summed E-state index contributed by atoms with van der Waals surface area (Å²) in [5.41, 5.74) is 0.460. The molecule has 0 heterocycles. The van der Waals surface area contributed by atoms with E-state index < -0.39 is 34.5 Å². The largest absolute Gasteiger partial charge is 0.481 e. The summed E-state index contributed by atoms with van der Waals surface area (Å²) in [7, 11) is -2.24. The van der Waals surface area contributed by atoms with Crippen LogP contribution in [0.4, 0.5) is 0 Å². The molecular weight excluding hydrogens is 332 g/mol. The molecule has 1 aromatic carbocycles. The van der Waals surface area contributed by atoms with Crippen molar-refractivity contribution in [1.82, 2.24) is 9.62 Å². The van der Waals surface area contributed by atoms with Crippen LogP contribution in [0, 0.1) is 0 Å². The Bertz CT molecular complexity index is 662. The van der Waals surface area contributed by atoms with E-state index in [9.17, 15) is 18.0 Å². The highest BCUT2D eigenvalue weighted by Crippen LogP contribution is 2.25. The first-order chi connectivity index (χ1) is 10.1. The van der Waals surface area contributed by atoms with Gasteiger partial charge in [-0.2, -0.15) is 4.31 Å². The highest BCUT2D eigenvalue weighted by molar-refractivity contribution is 7.88. The van der Waals surface area contributed by atoms with Crippen LogP contribution in [0.25, 0.3) is 0 Å². The first-order valence-electron chi connectivity index (χ1n) is 6.28. The van der Waals surface area contributed by atoms with Gasteiger partial charge in [-0.1, -0.05) is 29.8 Å². The number of amides is 1. The van der Waals surface area contributed by atoms with Crippen LogP contribution in [0.3, 0.4) is 0 Å². The van der Waals surface area contributed by atoms with Crippen molar-refractivity contribution in [1.29, 1.82) is 0 Å². The van der Waals surface area contributed by atoms with E-state index >= 15 is 0 Å². The van der Waals surface area contributed by atoms with Crippen LogP contribution in [0.5, 0.6) is 0 Å². The quantitative estimate of drug-likeness (QED) is 0.760. The van der Waals surface area contributed by atoms with Gasteiger partial charge in [-0.25, -0.2) is 8.42 Å². The highest BCUT2D eigenvalue weighted by atomic mass is 35.5. The Hall–Kier alpha value is -1.64. The molecule has 0 radical (unpaired) electrons. The normalized spacial score (nSPS) is 12.9. The van der Waals surface area contributed by atoms with Gasteiger partial charge in [0.15, 0.2) is 0 Å². The van der Waals surface area contributed by atoms with Crippen LogP contribution < -0.4 is 5.32 Å². The van der Waals surface area contributed by atoms with Crippen molar-refractivity contribution < 1.29 is 23.1 Å². The molecule has 0 fully saturated rings. The fourth-order valence-corrected chi connectivity index (χ4v) is 2.35. The zero-order valence-electron chi connectivity index (χ0n) is 12.1. The standard InChI is InChI=1S/C13H17ClN2O5S/c1-16(22(2,20)21)8-12(17)15-11(7-13(18)19)9-5-3-4-6-10(9)14/h3-6,11H,7-8H2,1-2H3,(H,15,17)(H,18,19). The van der Waals surface area contributed by atoms with Gasteiger partial charge in [0, 0.05) is 12.1 Å². The minimum absolute atomic E-state index is 0.325. The highest BCUT2D eigenvalue weighted by Gasteiger charge is 2.22. The van der Waals surface area contributed by atoms with Gasteiger partial charge in [-0.3, -0.25) is 9.59 Å². The monoisotopic (exact) mass is 348 g/mol. The van der Waals surface area contributed by atoms with Crippen LogP contribution in [0.15, 0.2) is 24.3 Å². The number of rotatable bonds is 7. The number of carboxylic acid groups (broad SMARTS) is 1. The van der Waals surface area contributed by atoms with E-state index in [4.69, 9.17) is 16.7 Å². The molecule has 7 nitrogen and oxygen atoms in total. The Kier molecular flexibility index (Phi) is 6.34. The Balaban J connectivity index is 2.89. The number of carboxylic acids is 1. The van der Waals surface area contributed by atoms with E-state index in [2.05, 4.69) is 5.32 Å². The predicted molar refractivity (Wildman–Crippen MR) is 82.1 cm³/mol. The number of carbonyl (C=O) groups excluding carboxylic acids is 1. The topological polar surface area (TPSA) is 104 Å². The number of benzene rings is 1. The van der Waals surface area contributed by atoms with Crippen LogP contribution in [0.1, 0.15) is 18.0 Å². The Morgan fingerprint density at radius 1 is 1.36 bits per heavy atom. The average molecular weight is 349 g/mol. The van der Waals surface area contributed by atoms with Crippen molar-refractivity contribution in [2.45, 2.75) is 12.5 Å². The molecule has 1 aromatic rings. The lowest BCUT2D eigenvalue weighted by Crippen LogP contribution is -2.40. The summed E-state index contributed by atoms with van der Waals surface area (Å²) < 4.78 is 23.4. The first-order valence-corrected chi connectivity index (χ1v) is 8.50. The molecule has 1 unspecified atom stereocenters. The average Bonchev–Trinajstić information content (AvgIpc) is 2.36. The summed E-state index contributed by atoms with van der Waals surface area (Å²) in [5.74, 6) is -1.72. The molecule has 0 saturated carbocycles. The molecule has 0 bridgehead atoms. The number of hydrogen-bond acceptors (Lipinski definition) is 4. The molecule has 1 atom stereocenters. The molecule has 1 rings (SSSR count). The van der Waals surface area contributed by atoms with Crippen molar-refractivity contribution in [2.24, 2.45) is 0 Å². The van der Waals surface area contributed by atoms with Crippen molar-refractivity contribution in [3.63, 3.8) is 0 Å². The van der Waals surface area contributed by atoms with Crippen molar-refractivity contribution in [3.05, 3.63) is 34.9 Å². The van der Waals surface area contributed by atoms with E-state index in [1.165, 1.54) is 7.05 Å². The Labute approximate surface area is 133 Å². The van der Waals surface area contributed by atoms with Gasteiger partial charge < -0.3 is 10.4 Å². The number of sulfonamides is 1. The maximum Gasteiger partial charge on any atom is 0.305 e. The number of halogens is 1. The van der Waals surface area contributed by atoms with Gasteiger partial charge in [0.25, 0.3) is 0 Å². The van der Waals surface area contributed by atoms with Crippen molar-refractivity contribution >= 4 is 33.5 Å². The fraction of sp³-hybridized carbons (Fsp3) is 0.385. The lowest BCUT2D eigenvalue weighted by molar-refractivity contribution is -0.137. The summed E-state index contributed by atoms with van der Waals surface area (Å²) in [4.78, 5) is 22.9. The van der Waals surface area contributed by atoms with E-state index in [0.29, 0.717) is 10.6 Å². The minimum Gasteiger partial charge on any atom is -0.481 e. The molecule has 0 aliphatic heterocycles. The molecule has 1 amide bonds. The fourth-order valence-electron chi connectivity index (χ4n) is 1.73. The molecule has 0 aliphatic carbocycles. The SMILES string of the molecule is CN(CC(=O)NC(CC(=O)O)c1ccccc1Cl)S(C)(=O)=O. The summed E-state index contributed by atoms with van der Waals surface area (Å²) in [6.45, 7) is -0.403. The van der Waals surface area contributed by atoms with Crippen LogP contribution in [0.2, 0.25) is 5.02 Å². The zero-order chi connectivity index (χ0) is 16.9. The smallest absolute Gasteiger partial charge is 0.305 e. The third kappa shape index (κ3) is 5.63. The van der Waals surface area contributed by atoms with Gasteiger partial charge in [0.1, 0.15) is 0 Å². The molecule has 2 N–H and O–H groups in total. The van der Waals surface area contributed by atoms with Crippen LogP contribution in [-0.4, -0.2) is 49.6 Å². The third-order valence-corrected chi connectivity index (χ3v) is 4.53. The maximum atomic E-state index is 11.9. The van der Waals surface area contributed by atoms with Crippen LogP contribution in [-0.2, 0) is 19.6 Å². The molecule has 0 saturated heterocycles. The molecule has 0 aliphatic rings. The Morgan fingerprint density at radius 2 is 1.95 bits per heavy atom. The van der Waals surface area contributed by atoms with E-state index in [1.807, 2.05) is 0 Å². The van der Waals surface area contributed by atoms with Crippen molar-refractivity contribution in [3.8, 4) is 0 Å². The molecule has 122 valence electrons. The Morgan fingerprint density at radius 3 is 2.45 bits per heavy atom. The number of likely N-dealkylation sites (N-methyl/N-ethyl adjacent to an activating group) is 1. The van der Waals surface area contributed by atoms with Gasteiger partial charge in [-0.15, -0.1) is 0 Å². The first kappa shape index (κ1) is 18.4. The molecular formula is C13H17ClN2O5S. The second kappa shape index (κ2) is 7.57. The number of carbonyl (C=O) groups is 2. The molecule has 0 aromatic heterocycles. The summed E-state index contributed by atoms with van der Waals surface area (Å²) in [6, 6.07) is 5.71. The third-order valence-electron chi connectivity index (χ3n) is 2.93. The van der Waals surface area contributed by atoms with Crippen molar-refractivity contribution in [2.75, 3.05) is 19.8 Å². The van der Waals surface area contributed by atoms with Gasteiger partial charge in [0.2, 0.25) is 15.9 Å². The molecule has 22 heavy (non-hydrogen) atoms. The second-order valence-corrected chi connectivity index (χ2v) is 7.26. The second-order valence-electron chi connectivity index (χ2n) is 4.76. The summed E-state index contributed by atoms with van der Waals surface area (Å²) in [6.07, 6.45) is 0.612. The summed E-state index contributed by atoms with van der Waals surface area (Å²) in [5, 5.41) is 11.8. The molecule has 9 heteroatoms. The summed E-state index contributed by atoms with van der Waals surface area (Å²) >= 11 is 6.01. The number of nitrogens with zero attached hydrogens (tertiary/aromatic N) is 1. The molecule has 0 spiro atoms. The number of nitrogens with one attached hydrogen (secondary N) is 1. The zero-order valence-corrected chi connectivity index (χ0v) is 13.7. The minimum atomic E-state index is -3.50. The van der Waals surface area contributed by atoms with E-state index in [1.54, 1.807) is 24.3 Å². The van der Waals surface area contributed by atoms with E-state index in [0.717, 1.165) is 10.6 Å².